The third-order valence-electron chi connectivity index (χ3n) is 5.09. The van der Waals surface area contributed by atoms with E-state index in [-0.39, 0.29) is 28.2 Å². The van der Waals surface area contributed by atoms with Crippen molar-refractivity contribution < 1.29 is 17.9 Å². The fraction of sp³-hybridized carbons (Fsp3) is 0.316. The van der Waals surface area contributed by atoms with Crippen LogP contribution >= 0.6 is 11.6 Å². The summed E-state index contributed by atoms with van der Waals surface area (Å²) in [7, 11) is -2.23. The van der Waals surface area contributed by atoms with Crippen molar-refractivity contribution in [1.82, 2.24) is 5.32 Å². The summed E-state index contributed by atoms with van der Waals surface area (Å²) in [6.07, 6.45) is 0. The van der Waals surface area contributed by atoms with Gasteiger partial charge in [-0.15, -0.1) is 0 Å². The van der Waals surface area contributed by atoms with E-state index < -0.39 is 10.0 Å². The van der Waals surface area contributed by atoms with Crippen molar-refractivity contribution in [3.63, 3.8) is 0 Å². The maximum absolute atomic E-state index is 12.7. The van der Waals surface area contributed by atoms with Crippen LogP contribution in [0.25, 0.3) is 0 Å². The van der Waals surface area contributed by atoms with Crippen LogP contribution in [0.4, 0.5) is 0 Å². The lowest BCUT2D eigenvalue weighted by molar-refractivity contribution is 0.0943. The van der Waals surface area contributed by atoms with Crippen molar-refractivity contribution in [3.8, 4) is 5.75 Å². The standard InChI is InChI=1S/C19H21ClN2O4S/c1-19(2)16(11-4-7-13(8-5-11)27(21,24)25)17(19)22-18(23)14-10-12(20)6-9-15(14)26-3/h4-10,16-17H,1-3H3,(H,22,23)(H2,21,24,25)/t16-,17+/m0/s1. The van der Waals surface area contributed by atoms with E-state index in [4.69, 9.17) is 21.5 Å². The lowest BCUT2D eigenvalue weighted by atomic mass is 10.0. The van der Waals surface area contributed by atoms with Crippen molar-refractivity contribution >= 4 is 27.5 Å². The summed E-state index contributed by atoms with van der Waals surface area (Å²) in [6.45, 7) is 4.09. The maximum Gasteiger partial charge on any atom is 0.255 e. The number of nitrogens with two attached hydrogens (primary N) is 1. The largest absolute Gasteiger partial charge is 0.496 e. The first-order chi connectivity index (χ1) is 12.6. The number of carbonyl (C=O) groups is 1. The molecule has 1 aliphatic rings. The molecule has 0 bridgehead atoms. The van der Waals surface area contributed by atoms with E-state index in [2.05, 4.69) is 5.32 Å². The predicted octanol–water partition coefficient (Wildman–Crippen LogP) is 2.92. The van der Waals surface area contributed by atoms with Gasteiger partial charge in [-0.2, -0.15) is 0 Å². The highest BCUT2D eigenvalue weighted by molar-refractivity contribution is 7.89. The molecule has 3 N–H and O–H groups in total. The molecule has 0 unspecified atom stereocenters. The minimum atomic E-state index is -3.73. The Labute approximate surface area is 163 Å². The molecule has 0 saturated heterocycles. The molecule has 0 spiro atoms. The van der Waals surface area contributed by atoms with E-state index in [0.29, 0.717) is 16.3 Å². The summed E-state index contributed by atoms with van der Waals surface area (Å²) in [6, 6.07) is 11.2. The van der Waals surface area contributed by atoms with Crippen molar-refractivity contribution in [2.24, 2.45) is 10.6 Å². The molecule has 0 radical (unpaired) electrons. The van der Waals surface area contributed by atoms with Gasteiger partial charge in [-0.05, 0) is 41.3 Å². The van der Waals surface area contributed by atoms with Gasteiger partial charge in [0, 0.05) is 17.0 Å². The fourth-order valence-electron chi connectivity index (χ4n) is 3.47. The van der Waals surface area contributed by atoms with Crippen molar-refractivity contribution in [1.29, 1.82) is 0 Å². The van der Waals surface area contributed by atoms with E-state index in [9.17, 15) is 13.2 Å². The van der Waals surface area contributed by atoms with Crippen LogP contribution in [0.3, 0.4) is 0 Å². The van der Waals surface area contributed by atoms with Gasteiger partial charge in [0.15, 0.2) is 0 Å². The quantitative estimate of drug-likeness (QED) is 0.794. The Hall–Kier alpha value is -2.09. The molecule has 6 nitrogen and oxygen atoms in total. The second kappa shape index (κ2) is 6.82. The number of hydrogen-bond donors (Lipinski definition) is 2. The summed E-state index contributed by atoms with van der Waals surface area (Å²) in [5.74, 6) is 0.238. The van der Waals surface area contributed by atoms with Gasteiger partial charge < -0.3 is 10.1 Å². The first kappa shape index (κ1) is 19.7. The van der Waals surface area contributed by atoms with Gasteiger partial charge in [-0.25, -0.2) is 13.6 Å². The molecule has 1 saturated carbocycles. The normalized spacial score (nSPS) is 20.8. The summed E-state index contributed by atoms with van der Waals surface area (Å²) in [5, 5.41) is 8.63. The van der Waals surface area contributed by atoms with Crippen LogP contribution in [-0.4, -0.2) is 27.5 Å². The number of halogens is 1. The number of benzene rings is 2. The van der Waals surface area contributed by atoms with Crippen LogP contribution < -0.4 is 15.2 Å². The second-order valence-electron chi connectivity index (χ2n) is 7.21. The van der Waals surface area contributed by atoms with Crippen LogP contribution in [0.1, 0.15) is 35.7 Å². The molecule has 2 aromatic carbocycles. The first-order valence-corrected chi connectivity index (χ1v) is 10.3. The second-order valence-corrected chi connectivity index (χ2v) is 9.21. The first-order valence-electron chi connectivity index (χ1n) is 8.33. The van der Waals surface area contributed by atoms with Gasteiger partial charge in [0.05, 0.1) is 17.6 Å². The highest BCUT2D eigenvalue weighted by atomic mass is 35.5. The Morgan fingerprint density at radius 2 is 1.81 bits per heavy atom. The van der Waals surface area contributed by atoms with Crippen LogP contribution in [0.2, 0.25) is 5.02 Å². The molecule has 0 aliphatic heterocycles. The number of primary sulfonamides is 1. The number of hydrogen-bond acceptors (Lipinski definition) is 4. The van der Waals surface area contributed by atoms with E-state index in [1.165, 1.54) is 19.2 Å². The van der Waals surface area contributed by atoms with Crippen LogP contribution in [0, 0.1) is 5.41 Å². The molecule has 27 heavy (non-hydrogen) atoms. The highest BCUT2D eigenvalue weighted by Gasteiger charge is 2.59. The SMILES string of the molecule is COc1ccc(Cl)cc1C(=O)N[C@@H]1[C@H](c2ccc(S(N)(=O)=O)cc2)C1(C)C. The van der Waals surface area contributed by atoms with Crippen LogP contribution in [0.15, 0.2) is 47.4 Å². The smallest absolute Gasteiger partial charge is 0.255 e. The topological polar surface area (TPSA) is 98.5 Å². The zero-order chi connectivity index (χ0) is 20.0. The number of methoxy groups -OCH3 is 1. The molecule has 1 aliphatic carbocycles. The number of amides is 1. The number of rotatable bonds is 5. The molecular formula is C19H21ClN2O4S. The van der Waals surface area contributed by atoms with Crippen molar-refractivity contribution in [2.45, 2.75) is 30.7 Å². The minimum Gasteiger partial charge on any atom is -0.496 e. The van der Waals surface area contributed by atoms with Gasteiger partial charge >= 0.3 is 0 Å². The maximum atomic E-state index is 12.7. The van der Waals surface area contributed by atoms with E-state index in [1.54, 1.807) is 30.3 Å². The predicted molar refractivity (Wildman–Crippen MR) is 104 cm³/mol. The van der Waals surface area contributed by atoms with E-state index in [0.717, 1.165) is 5.56 Å². The molecule has 8 heteroatoms. The average Bonchev–Trinajstić information content (AvgIpc) is 3.14. The van der Waals surface area contributed by atoms with Gasteiger partial charge in [0.25, 0.3) is 5.91 Å². The van der Waals surface area contributed by atoms with Crippen molar-refractivity contribution in [3.05, 3.63) is 58.6 Å². The third-order valence-corrected chi connectivity index (χ3v) is 6.25. The monoisotopic (exact) mass is 408 g/mol. The molecule has 0 aromatic heterocycles. The molecular weight excluding hydrogens is 388 g/mol. The molecule has 1 amide bonds. The Balaban J connectivity index is 1.80. The molecule has 1 fully saturated rings. The average molecular weight is 409 g/mol. The number of nitrogens with one attached hydrogen (secondary N) is 1. The Kier molecular flexibility index (Phi) is 4.96. The molecule has 0 heterocycles. The molecule has 144 valence electrons. The summed E-state index contributed by atoms with van der Waals surface area (Å²) >= 11 is 6.01. The zero-order valence-corrected chi connectivity index (χ0v) is 16.8. The summed E-state index contributed by atoms with van der Waals surface area (Å²) in [5.41, 5.74) is 1.14. The van der Waals surface area contributed by atoms with Gasteiger partial charge in [-0.3, -0.25) is 4.79 Å². The van der Waals surface area contributed by atoms with E-state index in [1.807, 2.05) is 13.8 Å². The third kappa shape index (κ3) is 3.81. The lowest BCUT2D eigenvalue weighted by Gasteiger charge is -2.10. The highest BCUT2D eigenvalue weighted by Crippen LogP contribution is 2.58. The Bertz CT molecular complexity index is 987. The number of sulfonamides is 1. The van der Waals surface area contributed by atoms with Crippen molar-refractivity contribution in [2.75, 3.05) is 7.11 Å². The molecule has 3 rings (SSSR count). The van der Waals surface area contributed by atoms with Crippen LogP contribution in [0.5, 0.6) is 5.75 Å². The zero-order valence-electron chi connectivity index (χ0n) is 15.2. The van der Waals surface area contributed by atoms with Gasteiger partial charge in [0.1, 0.15) is 5.75 Å². The number of carbonyl (C=O) groups excluding carboxylic acids is 1. The Morgan fingerprint density at radius 3 is 2.37 bits per heavy atom. The summed E-state index contributed by atoms with van der Waals surface area (Å²) < 4.78 is 28.1. The molecule has 2 aromatic rings. The van der Waals surface area contributed by atoms with Crippen LogP contribution in [-0.2, 0) is 10.0 Å². The van der Waals surface area contributed by atoms with Gasteiger partial charge in [0.2, 0.25) is 10.0 Å². The fourth-order valence-corrected chi connectivity index (χ4v) is 4.16. The van der Waals surface area contributed by atoms with Gasteiger partial charge in [-0.1, -0.05) is 37.6 Å². The number of ether oxygens (including phenoxy) is 1. The lowest BCUT2D eigenvalue weighted by Crippen LogP contribution is -2.29. The van der Waals surface area contributed by atoms with E-state index >= 15 is 0 Å². The Morgan fingerprint density at radius 1 is 1.19 bits per heavy atom. The summed E-state index contributed by atoms with van der Waals surface area (Å²) in [4.78, 5) is 12.8. The minimum absolute atomic E-state index is 0.0566. The molecule has 2 atom stereocenters.